The molecular weight excluding hydrogens is 458 g/mol. The number of hydrogen-bond acceptors (Lipinski definition) is 5. The summed E-state index contributed by atoms with van der Waals surface area (Å²) in [6.45, 7) is 3.72. The number of aromatic nitrogens is 2. The standard InChI is InChI=1S/C25H20ClN3O3S/c1-3-32-24(31)21-14(2)28-25-29(22(21)17-9-4-6-10-18(17)26)23(30)20(33-25)12-15-13-27-19-11-7-5-8-16(15)19/h4-13,22,27H,3H2,1-2H3/t22-/m1/s1. The van der Waals surface area contributed by atoms with Gasteiger partial charge in [-0.2, -0.15) is 0 Å². The maximum Gasteiger partial charge on any atom is 0.338 e. The van der Waals surface area contributed by atoms with Crippen molar-refractivity contribution in [2.24, 2.45) is 4.99 Å². The van der Waals surface area contributed by atoms with Crippen LogP contribution in [0.15, 0.2) is 75.8 Å². The average molecular weight is 478 g/mol. The smallest absolute Gasteiger partial charge is 0.338 e. The normalized spacial score (nSPS) is 16.1. The highest BCUT2D eigenvalue weighted by molar-refractivity contribution is 7.07. The van der Waals surface area contributed by atoms with E-state index in [1.165, 1.54) is 11.3 Å². The summed E-state index contributed by atoms with van der Waals surface area (Å²) in [4.78, 5) is 34.9. The third-order valence-electron chi connectivity index (χ3n) is 5.62. The van der Waals surface area contributed by atoms with E-state index in [4.69, 9.17) is 16.3 Å². The molecule has 6 nitrogen and oxygen atoms in total. The summed E-state index contributed by atoms with van der Waals surface area (Å²) < 4.78 is 7.38. The van der Waals surface area contributed by atoms with Crippen LogP contribution in [-0.2, 0) is 9.53 Å². The molecule has 1 N–H and O–H groups in total. The van der Waals surface area contributed by atoms with E-state index < -0.39 is 12.0 Å². The van der Waals surface area contributed by atoms with Crippen molar-refractivity contribution in [2.75, 3.05) is 6.61 Å². The molecule has 3 heterocycles. The van der Waals surface area contributed by atoms with E-state index in [9.17, 15) is 9.59 Å². The van der Waals surface area contributed by atoms with Crippen molar-refractivity contribution in [1.29, 1.82) is 0 Å². The van der Waals surface area contributed by atoms with Gasteiger partial charge < -0.3 is 9.72 Å². The zero-order valence-electron chi connectivity index (χ0n) is 18.0. The van der Waals surface area contributed by atoms with Gasteiger partial charge in [0.05, 0.1) is 22.4 Å². The number of allylic oxidation sites excluding steroid dienone is 1. The van der Waals surface area contributed by atoms with Gasteiger partial charge in [-0.1, -0.05) is 59.3 Å². The molecule has 0 amide bonds. The van der Waals surface area contributed by atoms with Gasteiger partial charge in [0.2, 0.25) is 0 Å². The number of hydrogen-bond donors (Lipinski definition) is 1. The number of rotatable bonds is 4. The van der Waals surface area contributed by atoms with Crippen LogP contribution in [-0.4, -0.2) is 22.1 Å². The molecule has 1 aliphatic rings. The number of aromatic amines is 1. The fraction of sp³-hybridized carbons (Fsp3) is 0.160. The minimum atomic E-state index is -0.723. The Morgan fingerprint density at radius 1 is 1.24 bits per heavy atom. The molecule has 5 rings (SSSR count). The van der Waals surface area contributed by atoms with Crippen molar-refractivity contribution in [3.63, 3.8) is 0 Å². The number of ether oxygens (including phenoxy) is 1. The summed E-state index contributed by atoms with van der Waals surface area (Å²) in [6, 6.07) is 14.4. The first-order chi connectivity index (χ1) is 16.0. The van der Waals surface area contributed by atoms with Crippen LogP contribution in [0.5, 0.6) is 0 Å². The topological polar surface area (TPSA) is 76.4 Å². The van der Waals surface area contributed by atoms with E-state index in [-0.39, 0.29) is 12.2 Å². The number of fused-ring (bicyclic) bond motifs is 2. The molecular formula is C25H20ClN3O3S. The van der Waals surface area contributed by atoms with Crippen molar-refractivity contribution in [3.8, 4) is 0 Å². The minimum absolute atomic E-state index is 0.218. The quantitative estimate of drug-likeness (QED) is 0.452. The van der Waals surface area contributed by atoms with E-state index in [1.54, 1.807) is 24.5 Å². The summed E-state index contributed by atoms with van der Waals surface area (Å²) in [5.41, 5.74) is 3.14. The summed E-state index contributed by atoms with van der Waals surface area (Å²) in [5.74, 6) is -0.505. The highest BCUT2D eigenvalue weighted by atomic mass is 35.5. The molecule has 0 saturated heterocycles. The lowest BCUT2D eigenvalue weighted by Gasteiger charge is -2.25. The molecule has 4 aromatic rings. The van der Waals surface area contributed by atoms with Crippen LogP contribution in [0, 0.1) is 0 Å². The molecule has 0 saturated carbocycles. The van der Waals surface area contributed by atoms with Gasteiger partial charge in [0.1, 0.15) is 6.04 Å². The maximum absolute atomic E-state index is 13.7. The Kier molecular flexibility index (Phi) is 5.52. The average Bonchev–Trinajstić information content (AvgIpc) is 3.34. The lowest BCUT2D eigenvalue weighted by Crippen LogP contribution is -2.40. The van der Waals surface area contributed by atoms with E-state index in [1.807, 2.05) is 54.7 Å². The van der Waals surface area contributed by atoms with Gasteiger partial charge in [-0.15, -0.1) is 0 Å². The third-order valence-corrected chi connectivity index (χ3v) is 6.95. The van der Waals surface area contributed by atoms with Crippen LogP contribution in [0.1, 0.15) is 31.0 Å². The Morgan fingerprint density at radius 2 is 2.00 bits per heavy atom. The lowest BCUT2D eigenvalue weighted by atomic mass is 9.96. The maximum atomic E-state index is 13.7. The molecule has 1 atom stereocenters. The summed E-state index contributed by atoms with van der Waals surface area (Å²) in [7, 11) is 0. The van der Waals surface area contributed by atoms with Crippen molar-refractivity contribution in [3.05, 3.63) is 102 Å². The second kappa shape index (κ2) is 8.50. The Balaban J connectivity index is 1.76. The Hall–Kier alpha value is -3.42. The van der Waals surface area contributed by atoms with Crippen LogP contribution >= 0.6 is 22.9 Å². The first-order valence-electron chi connectivity index (χ1n) is 10.5. The molecule has 8 heteroatoms. The molecule has 0 spiro atoms. The number of nitrogens with zero attached hydrogens (tertiary/aromatic N) is 2. The second-order valence-corrected chi connectivity index (χ2v) is 9.03. The van der Waals surface area contributed by atoms with Crippen molar-refractivity contribution in [1.82, 2.24) is 9.55 Å². The molecule has 33 heavy (non-hydrogen) atoms. The number of carbonyl (C=O) groups excluding carboxylic acids is 1. The number of H-pyrrole nitrogens is 1. The molecule has 1 aliphatic heterocycles. The third kappa shape index (κ3) is 3.63. The van der Waals surface area contributed by atoms with Crippen LogP contribution in [0.2, 0.25) is 5.02 Å². The SMILES string of the molecule is CCOC(=O)C1=C(C)N=c2sc(=Cc3c[nH]c4ccccc34)c(=O)n2[C@@H]1c1ccccc1Cl. The van der Waals surface area contributed by atoms with Gasteiger partial charge in [-0.25, -0.2) is 9.79 Å². The minimum Gasteiger partial charge on any atom is -0.463 e. The van der Waals surface area contributed by atoms with Crippen LogP contribution in [0.4, 0.5) is 0 Å². The monoisotopic (exact) mass is 477 g/mol. The number of carbonyl (C=O) groups is 1. The fourth-order valence-corrected chi connectivity index (χ4v) is 5.41. The van der Waals surface area contributed by atoms with Crippen LogP contribution in [0.3, 0.4) is 0 Å². The van der Waals surface area contributed by atoms with Crippen LogP contribution < -0.4 is 14.9 Å². The summed E-state index contributed by atoms with van der Waals surface area (Å²) in [6.07, 6.45) is 3.74. The molecule has 2 aromatic heterocycles. The number of nitrogens with one attached hydrogen (secondary N) is 1. The zero-order valence-corrected chi connectivity index (χ0v) is 19.5. The molecule has 2 aromatic carbocycles. The molecule has 0 unspecified atom stereocenters. The first kappa shape index (κ1) is 21.4. The molecule has 0 bridgehead atoms. The summed E-state index contributed by atoms with van der Waals surface area (Å²) in [5, 5.41) is 1.49. The summed E-state index contributed by atoms with van der Waals surface area (Å²) >= 11 is 7.82. The van der Waals surface area contributed by atoms with Gasteiger partial charge >= 0.3 is 5.97 Å². The molecule has 0 radical (unpaired) electrons. The predicted molar refractivity (Wildman–Crippen MR) is 130 cm³/mol. The number of thiazole rings is 1. The molecule has 166 valence electrons. The number of para-hydroxylation sites is 1. The van der Waals surface area contributed by atoms with Crippen LogP contribution in [0.25, 0.3) is 17.0 Å². The number of benzene rings is 2. The van der Waals surface area contributed by atoms with Gasteiger partial charge in [-0.05, 0) is 37.6 Å². The number of esters is 1. The molecule has 0 aliphatic carbocycles. The van der Waals surface area contributed by atoms with E-state index in [2.05, 4.69) is 9.98 Å². The Morgan fingerprint density at radius 3 is 2.79 bits per heavy atom. The second-order valence-electron chi connectivity index (χ2n) is 7.61. The van der Waals surface area contributed by atoms with E-state index in [0.29, 0.717) is 31.2 Å². The Labute approximate surface area is 198 Å². The zero-order chi connectivity index (χ0) is 23.1. The fourth-order valence-electron chi connectivity index (χ4n) is 4.14. The van der Waals surface area contributed by atoms with Gasteiger partial charge in [0.15, 0.2) is 4.80 Å². The Bertz CT molecular complexity index is 1610. The van der Waals surface area contributed by atoms with Crippen molar-refractivity contribution in [2.45, 2.75) is 19.9 Å². The van der Waals surface area contributed by atoms with Gasteiger partial charge in [-0.3, -0.25) is 9.36 Å². The van der Waals surface area contributed by atoms with Gasteiger partial charge in [0, 0.05) is 27.7 Å². The van der Waals surface area contributed by atoms with Gasteiger partial charge in [0.25, 0.3) is 5.56 Å². The molecule has 0 fully saturated rings. The van der Waals surface area contributed by atoms with Crippen molar-refractivity contribution >= 4 is 45.9 Å². The highest BCUT2D eigenvalue weighted by Crippen LogP contribution is 2.34. The van der Waals surface area contributed by atoms with E-state index in [0.717, 1.165) is 16.5 Å². The number of halogens is 1. The first-order valence-corrected chi connectivity index (χ1v) is 11.7. The van der Waals surface area contributed by atoms with Crippen molar-refractivity contribution < 1.29 is 9.53 Å². The van der Waals surface area contributed by atoms with E-state index >= 15 is 0 Å². The largest absolute Gasteiger partial charge is 0.463 e. The predicted octanol–water partition coefficient (Wildman–Crippen LogP) is 3.93. The highest BCUT2D eigenvalue weighted by Gasteiger charge is 2.34. The lowest BCUT2D eigenvalue weighted by molar-refractivity contribution is -0.139.